The van der Waals surface area contributed by atoms with Gasteiger partial charge in [0.1, 0.15) is 5.82 Å². The standard InChI is InChI=1S/C12H9FO2S/c1-7-4-5-16-11(7)9-3-2-8(12(14)15)6-10(9)13/h2-6H,1H3,(H,14,15). The highest BCUT2D eigenvalue weighted by atomic mass is 32.1. The zero-order valence-electron chi connectivity index (χ0n) is 8.53. The van der Waals surface area contributed by atoms with Crippen molar-refractivity contribution in [3.05, 3.63) is 46.6 Å². The van der Waals surface area contributed by atoms with Crippen LogP contribution in [0.1, 0.15) is 15.9 Å². The molecule has 1 aromatic heterocycles. The number of benzene rings is 1. The largest absolute Gasteiger partial charge is 0.478 e. The smallest absolute Gasteiger partial charge is 0.335 e. The van der Waals surface area contributed by atoms with Gasteiger partial charge in [0.15, 0.2) is 0 Å². The Bertz CT molecular complexity index is 546. The molecule has 0 saturated heterocycles. The van der Waals surface area contributed by atoms with Gasteiger partial charge in [0.25, 0.3) is 0 Å². The van der Waals surface area contributed by atoms with E-state index in [-0.39, 0.29) is 5.56 Å². The van der Waals surface area contributed by atoms with Gasteiger partial charge in [-0.05, 0) is 42.1 Å². The molecule has 2 nitrogen and oxygen atoms in total. The molecule has 0 spiro atoms. The van der Waals surface area contributed by atoms with Crippen molar-refractivity contribution >= 4 is 17.3 Å². The average molecular weight is 236 g/mol. The minimum Gasteiger partial charge on any atom is -0.478 e. The number of aryl methyl sites for hydroxylation is 1. The van der Waals surface area contributed by atoms with E-state index >= 15 is 0 Å². The number of hydrogen-bond donors (Lipinski definition) is 1. The van der Waals surface area contributed by atoms with Gasteiger partial charge in [0.2, 0.25) is 0 Å². The molecule has 0 fully saturated rings. The summed E-state index contributed by atoms with van der Waals surface area (Å²) in [6.45, 7) is 1.90. The van der Waals surface area contributed by atoms with E-state index in [0.29, 0.717) is 5.56 Å². The maximum Gasteiger partial charge on any atom is 0.335 e. The third-order valence-electron chi connectivity index (χ3n) is 2.32. The van der Waals surface area contributed by atoms with E-state index < -0.39 is 11.8 Å². The lowest BCUT2D eigenvalue weighted by molar-refractivity contribution is 0.0696. The van der Waals surface area contributed by atoms with E-state index in [1.807, 2.05) is 18.4 Å². The van der Waals surface area contributed by atoms with Crippen molar-refractivity contribution in [1.29, 1.82) is 0 Å². The Hall–Kier alpha value is -1.68. The first-order valence-electron chi connectivity index (χ1n) is 4.67. The van der Waals surface area contributed by atoms with Gasteiger partial charge in [0, 0.05) is 10.4 Å². The predicted molar refractivity (Wildman–Crippen MR) is 61.4 cm³/mol. The third-order valence-corrected chi connectivity index (χ3v) is 3.37. The van der Waals surface area contributed by atoms with Gasteiger partial charge in [-0.25, -0.2) is 9.18 Å². The monoisotopic (exact) mass is 236 g/mol. The van der Waals surface area contributed by atoms with Crippen molar-refractivity contribution in [1.82, 2.24) is 0 Å². The molecular formula is C12H9FO2S. The number of rotatable bonds is 2. The van der Waals surface area contributed by atoms with E-state index in [1.54, 1.807) is 0 Å². The van der Waals surface area contributed by atoms with Crippen LogP contribution in [0.2, 0.25) is 0 Å². The summed E-state index contributed by atoms with van der Waals surface area (Å²) in [4.78, 5) is 11.5. The van der Waals surface area contributed by atoms with Gasteiger partial charge in [-0.2, -0.15) is 0 Å². The van der Waals surface area contributed by atoms with Gasteiger partial charge >= 0.3 is 5.97 Å². The molecule has 2 aromatic rings. The van der Waals surface area contributed by atoms with Crippen molar-refractivity contribution in [2.24, 2.45) is 0 Å². The number of aromatic carboxylic acids is 1. The minimum absolute atomic E-state index is 0.0320. The van der Waals surface area contributed by atoms with Gasteiger partial charge in [-0.15, -0.1) is 11.3 Å². The highest BCUT2D eigenvalue weighted by Crippen LogP contribution is 2.31. The first kappa shape index (κ1) is 10.8. The van der Waals surface area contributed by atoms with Crippen molar-refractivity contribution in [2.75, 3.05) is 0 Å². The van der Waals surface area contributed by atoms with Gasteiger partial charge in [-0.3, -0.25) is 0 Å². The quantitative estimate of drug-likeness (QED) is 0.865. The van der Waals surface area contributed by atoms with Crippen LogP contribution in [0, 0.1) is 12.7 Å². The minimum atomic E-state index is -1.12. The summed E-state index contributed by atoms with van der Waals surface area (Å²) < 4.78 is 13.7. The lowest BCUT2D eigenvalue weighted by Crippen LogP contribution is -1.97. The summed E-state index contributed by atoms with van der Waals surface area (Å²) in [5, 5.41) is 10.6. The molecule has 0 amide bonds. The molecule has 4 heteroatoms. The number of carboxylic acids is 1. The van der Waals surface area contributed by atoms with Crippen LogP contribution < -0.4 is 0 Å². The number of hydrogen-bond acceptors (Lipinski definition) is 2. The molecular weight excluding hydrogens is 227 g/mol. The summed E-state index contributed by atoms with van der Waals surface area (Å²) in [6.07, 6.45) is 0. The lowest BCUT2D eigenvalue weighted by atomic mass is 10.1. The van der Waals surface area contributed by atoms with Crippen LogP contribution in [0.5, 0.6) is 0 Å². The number of halogens is 1. The van der Waals surface area contributed by atoms with Gasteiger partial charge in [0.05, 0.1) is 5.56 Å². The molecule has 0 aliphatic rings. The maximum absolute atomic E-state index is 13.7. The molecule has 0 aliphatic heterocycles. The Labute approximate surface area is 96.0 Å². The average Bonchev–Trinajstić information content (AvgIpc) is 2.64. The fraction of sp³-hybridized carbons (Fsp3) is 0.0833. The van der Waals surface area contributed by atoms with Gasteiger partial charge in [-0.1, -0.05) is 0 Å². The highest BCUT2D eigenvalue weighted by molar-refractivity contribution is 7.13. The summed E-state index contributed by atoms with van der Waals surface area (Å²) >= 11 is 1.44. The molecule has 0 radical (unpaired) electrons. The van der Waals surface area contributed by atoms with Gasteiger partial charge < -0.3 is 5.11 Å². The number of carboxylic acid groups (broad SMARTS) is 1. The van der Waals surface area contributed by atoms with E-state index in [9.17, 15) is 9.18 Å². The second-order valence-electron chi connectivity index (χ2n) is 3.43. The Balaban J connectivity index is 2.52. The Kier molecular flexibility index (Phi) is 2.75. The van der Waals surface area contributed by atoms with Crippen molar-refractivity contribution < 1.29 is 14.3 Å². The van der Waals surface area contributed by atoms with Crippen LogP contribution in [0.3, 0.4) is 0 Å². The van der Waals surface area contributed by atoms with E-state index in [1.165, 1.54) is 23.5 Å². The SMILES string of the molecule is Cc1ccsc1-c1ccc(C(=O)O)cc1F. The first-order valence-corrected chi connectivity index (χ1v) is 5.55. The van der Waals surface area contributed by atoms with E-state index in [4.69, 9.17) is 5.11 Å². The Morgan fingerprint density at radius 3 is 2.62 bits per heavy atom. The second kappa shape index (κ2) is 4.06. The molecule has 0 atom stereocenters. The van der Waals surface area contributed by atoms with Crippen LogP contribution in [0.15, 0.2) is 29.6 Å². The van der Waals surface area contributed by atoms with Crippen molar-refractivity contribution in [3.8, 4) is 10.4 Å². The normalized spacial score (nSPS) is 10.4. The van der Waals surface area contributed by atoms with Crippen molar-refractivity contribution in [3.63, 3.8) is 0 Å². The zero-order chi connectivity index (χ0) is 11.7. The Morgan fingerprint density at radius 2 is 2.12 bits per heavy atom. The molecule has 0 bridgehead atoms. The second-order valence-corrected chi connectivity index (χ2v) is 4.35. The molecule has 0 aliphatic carbocycles. The molecule has 1 N–H and O–H groups in total. The molecule has 1 heterocycles. The van der Waals surface area contributed by atoms with Crippen LogP contribution in [-0.4, -0.2) is 11.1 Å². The molecule has 2 rings (SSSR count). The number of carbonyl (C=O) groups is 1. The van der Waals surface area contributed by atoms with Crippen LogP contribution in [0.25, 0.3) is 10.4 Å². The van der Waals surface area contributed by atoms with E-state index in [2.05, 4.69) is 0 Å². The summed E-state index contributed by atoms with van der Waals surface area (Å²) in [5.74, 6) is -1.61. The summed E-state index contributed by atoms with van der Waals surface area (Å²) in [5.41, 5.74) is 1.42. The maximum atomic E-state index is 13.7. The highest BCUT2D eigenvalue weighted by Gasteiger charge is 2.12. The summed E-state index contributed by atoms with van der Waals surface area (Å²) in [7, 11) is 0. The topological polar surface area (TPSA) is 37.3 Å². The number of thiophene rings is 1. The predicted octanol–water partition coefficient (Wildman–Crippen LogP) is 3.56. The van der Waals surface area contributed by atoms with Crippen LogP contribution in [-0.2, 0) is 0 Å². The van der Waals surface area contributed by atoms with E-state index in [0.717, 1.165) is 16.5 Å². The summed E-state index contributed by atoms with van der Waals surface area (Å²) in [6, 6.07) is 5.89. The Morgan fingerprint density at radius 1 is 1.38 bits per heavy atom. The van der Waals surface area contributed by atoms with Crippen molar-refractivity contribution in [2.45, 2.75) is 6.92 Å². The molecule has 0 saturated carbocycles. The molecule has 16 heavy (non-hydrogen) atoms. The van der Waals surface area contributed by atoms with Crippen LogP contribution in [0.4, 0.5) is 4.39 Å². The third kappa shape index (κ3) is 1.84. The van der Waals surface area contributed by atoms with Crippen LogP contribution >= 0.6 is 11.3 Å². The zero-order valence-corrected chi connectivity index (χ0v) is 9.34. The fourth-order valence-corrected chi connectivity index (χ4v) is 2.44. The molecule has 1 aromatic carbocycles. The first-order chi connectivity index (χ1) is 7.59. The lowest BCUT2D eigenvalue weighted by Gasteiger charge is -2.03. The molecule has 82 valence electrons. The fourth-order valence-electron chi connectivity index (χ4n) is 1.48. The molecule has 0 unspecified atom stereocenters.